The van der Waals surface area contributed by atoms with Crippen LogP contribution in [0.4, 0.5) is 13.2 Å². The second-order valence-electron chi connectivity index (χ2n) is 8.43. The Bertz CT molecular complexity index is 1170. The fourth-order valence-corrected chi connectivity index (χ4v) is 4.41. The minimum Gasteiger partial charge on any atom is -0.354 e. The zero-order chi connectivity index (χ0) is 23.0. The van der Waals surface area contributed by atoms with E-state index in [9.17, 15) is 22.8 Å². The van der Waals surface area contributed by atoms with Gasteiger partial charge in [0.2, 0.25) is 11.8 Å². The molecule has 1 unspecified atom stereocenters. The number of hydrogen-bond acceptors (Lipinski definition) is 2. The van der Waals surface area contributed by atoms with Gasteiger partial charge in [-0.3, -0.25) is 9.59 Å². The SMILES string of the molecule is CC(=O)NC(C)C(=O)NC[C@H]1C[C@H](c2c(-c3ccc(F)cc3)[nH]c3c(F)cc(F)cc32)C1. The molecule has 4 rings (SSSR count). The van der Waals surface area contributed by atoms with E-state index in [4.69, 9.17) is 0 Å². The Balaban J connectivity index is 1.54. The van der Waals surface area contributed by atoms with E-state index in [0.29, 0.717) is 23.2 Å². The highest BCUT2D eigenvalue weighted by atomic mass is 19.1. The van der Waals surface area contributed by atoms with Crippen molar-refractivity contribution in [3.63, 3.8) is 0 Å². The molecule has 2 aromatic carbocycles. The number of aromatic amines is 1. The normalized spacial score (nSPS) is 18.8. The van der Waals surface area contributed by atoms with Crippen LogP contribution in [-0.4, -0.2) is 29.4 Å². The second kappa shape index (κ2) is 8.68. The summed E-state index contributed by atoms with van der Waals surface area (Å²) in [6, 6.07) is 7.42. The smallest absolute Gasteiger partial charge is 0.242 e. The summed E-state index contributed by atoms with van der Waals surface area (Å²) in [5.74, 6) is -2.00. The molecule has 0 radical (unpaired) electrons. The predicted octanol–water partition coefficient (Wildman–Crippen LogP) is 4.39. The van der Waals surface area contributed by atoms with Crippen molar-refractivity contribution in [2.24, 2.45) is 5.92 Å². The van der Waals surface area contributed by atoms with Gasteiger partial charge in [-0.05, 0) is 73.1 Å². The van der Waals surface area contributed by atoms with Crippen LogP contribution in [0.5, 0.6) is 0 Å². The van der Waals surface area contributed by atoms with Crippen molar-refractivity contribution in [3.8, 4) is 11.3 Å². The van der Waals surface area contributed by atoms with Gasteiger partial charge in [0, 0.05) is 24.9 Å². The standard InChI is InChI=1S/C24H24F3N3O2/c1-12(29-13(2)31)24(32)28-11-14-7-16(8-14)21-19-9-18(26)10-20(27)23(19)30-22(21)15-3-5-17(25)6-4-15/h3-6,9-10,12,14,16,30H,7-8,11H2,1-2H3,(H,28,32)(H,29,31)/t12?,14-,16-. The van der Waals surface area contributed by atoms with Crippen LogP contribution in [0.15, 0.2) is 36.4 Å². The molecular weight excluding hydrogens is 419 g/mol. The van der Waals surface area contributed by atoms with Crippen LogP contribution < -0.4 is 10.6 Å². The van der Waals surface area contributed by atoms with Crippen LogP contribution >= 0.6 is 0 Å². The first-order chi connectivity index (χ1) is 15.2. The Labute approximate surface area is 183 Å². The van der Waals surface area contributed by atoms with Crippen LogP contribution in [0.2, 0.25) is 0 Å². The number of amides is 2. The molecule has 0 bridgehead atoms. The van der Waals surface area contributed by atoms with Gasteiger partial charge in [-0.15, -0.1) is 0 Å². The number of halogens is 3. The lowest BCUT2D eigenvalue weighted by Crippen LogP contribution is -2.46. The van der Waals surface area contributed by atoms with Crippen LogP contribution in [-0.2, 0) is 9.59 Å². The van der Waals surface area contributed by atoms with E-state index < -0.39 is 17.7 Å². The number of carbonyl (C=O) groups is 2. The number of H-pyrrole nitrogens is 1. The molecule has 3 aromatic rings. The first-order valence-corrected chi connectivity index (χ1v) is 10.5. The highest BCUT2D eigenvalue weighted by molar-refractivity contribution is 5.92. The molecule has 0 spiro atoms. The Kier molecular flexibility index (Phi) is 5.95. The Morgan fingerprint density at radius 2 is 1.78 bits per heavy atom. The van der Waals surface area contributed by atoms with Gasteiger partial charge in [0.15, 0.2) is 0 Å². The minimum atomic E-state index is -0.676. The van der Waals surface area contributed by atoms with Gasteiger partial charge in [0.05, 0.1) is 11.2 Å². The molecule has 8 heteroatoms. The molecule has 2 amide bonds. The van der Waals surface area contributed by atoms with Crippen LogP contribution in [0.25, 0.3) is 22.2 Å². The molecular formula is C24H24F3N3O2. The fourth-order valence-electron chi connectivity index (χ4n) is 4.41. The second-order valence-corrected chi connectivity index (χ2v) is 8.43. The molecule has 0 saturated heterocycles. The van der Waals surface area contributed by atoms with Gasteiger partial charge < -0.3 is 15.6 Å². The zero-order valence-electron chi connectivity index (χ0n) is 17.8. The summed E-state index contributed by atoms with van der Waals surface area (Å²) < 4.78 is 41.9. The predicted molar refractivity (Wildman–Crippen MR) is 115 cm³/mol. The van der Waals surface area contributed by atoms with E-state index in [1.54, 1.807) is 19.1 Å². The molecule has 0 aliphatic heterocycles. The highest BCUT2D eigenvalue weighted by Crippen LogP contribution is 2.48. The van der Waals surface area contributed by atoms with Gasteiger partial charge >= 0.3 is 0 Å². The van der Waals surface area contributed by atoms with Gasteiger partial charge in [0.1, 0.15) is 23.5 Å². The Hall–Kier alpha value is -3.29. The van der Waals surface area contributed by atoms with Crippen molar-refractivity contribution in [1.82, 2.24) is 15.6 Å². The van der Waals surface area contributed by atoms with E-state index in [-0.39, 0.29) is 35.0 Å². The molecule has 32 heavy (non-hydrogen) atoms. The van der Waals surface area contributed by atoms with Crippen molar-refractivity contribution >= 4 is 22.7 Å². The summed E-state index contributed by atoms with van der Waals surface area (Å²) in [5.41, 5.74) is 2.37. The molecule has 168 valence electrons. The topological polar surface area (TPSA) is 74.0 Å². The first-order valence-electron chi connectivity index (χ1n) is 10.5. The largest absolute Gasteiger partial charge is 0.354 e. The lowest BCUT2D eigenvalue weighted by molar-refractivity contribution is -0.127. The van der Waals surface area contributed by atoms with Crippen LogP contribution in [0.3, 0.4) is 0 Å². The van der Waals surface area contributed by atoms with E-state index in [0.717, 1.165) is 24.5 Å². The molecule has 5 nitrogen and oxygen atoms in total. The van der Waals surface area contributed by atoms with Crippen LogP contribution in [0, 0.1) is 23.4 Å². The molecule has 3 N–H and O–H groups in total. The van der Waals surface area contributed by atoms with Crippen molar-refractivity contribution in [2.75, 3.05) is 6.54 Å². The quantitative estimate of drug-likeness (QED) is 0.529. The molecule has 1 heterocycles. The summed E-state index contributed by atoms with van der Waals surface area (Å²) in [6.07, 6.45) is 1.46. The third-order valence-electron chi connectivity index (χ3n) is 6.02. The van der Waals surface area contributed by atoms with Gasteiger partial charge in [-0.1, -0.05) is 0 Å². The summed E-state index contributed by atoms with van der Waals surface area (Å²) in [6.45, 7) is 3.42. The lowest BCUT2D eigenvalue weighted by atomic mass is 9.70. The lowest BCUT2D eigenvalue weighted by Gasteiger charge is -2.36. The van der Waals surface area contributed by atoms with E-state index in [1.165, 1.54) is 25.1 Å². The number of nitrogens with one attached hydrogen (secondary N) is 3. The number of aromatic nitrogens is 1. The molecule has 1 aliphatic rings. The number of rotatable bonds is 6. The average molecular weight is 443 g/mol. The van der Waals surface area contributed by atoms with Gasteiger partial charge in [-0.2, -0.15) is 0 Å². The highest BCUT2D eigenvalue weighted by Gasteiger charge is 2.35. The summed E-state index contributed by atoms with van der Waals surface area (Å²) in [4.78, 5) is 26.3. The first kappa shape index (κ1) is 21.9. The number of carbonyl (C=O) groups excluding carboxylic acids is 2. The fraction of sp³-hybridized carbons (Fsp3) is 0.333. The average Bonchev–Trinajstić information content (AvgIpc) is 3.06. The van der Waals surface area contributed by atoms with Crippen molar-refractivity contribution in [3.05, 3.63) is 59.4 Å². The van der Waals surface area contributed by atoms with E-state index >= 15 is 0 Å². The van der Waals surface area contributed by atoms with Crippen LogP contribution in [0.1, 0.15) is 38.2 Å². The Morgan fingerprint density at radius 1 is 1.09 bits per heavy atom. The number of fused-ring (bicyclic) bond motifs is 1. The van der Waals surface area contributed by atoms with Gasteiger partial charge in [0.25, 0.3) is 0 Å². The third-order valence-corrected chi connectivity index (χ3v) is 6.02. The molecule has 1 saturated carbocycles. The summed E-state index contributed by atoms with van der Waals surface area (Å²) >= 11 is 0. The molecule has 1 aromatic heterocycles. The molecule has 1 fully saturated rings. The molecule has 1 aliphatic carbocycles. The van der Waals surface area contributed by atoms with E-state index in [2.05, 4.69) is 15.6 Å². The van der Waals surface area contributed by atoms with Crippen molar-refractivity contribution in [2.45, 2.75) is 38.6 Å². The molecule has 1 atom stereocenters. The zero-order valence-corrected chi connectivity index (χ0v) is 17.8. The summed E-state index contributed by atoms with van der Waals surface area (Å²) in [7, 11) is 0. The monoisotopic (exact) mass is 443 g/mol. The Morgan fingerprint density at radius 3 is 2.44 bits per heavy atom. The maximum atomic E-state index is 14.4. The van der Waals surface area contributed by atoms with Crippen molar-refractivity contribution in [1.29, 1.82) is 0 Å². The van der Waals surface area contributed by atoms with E-state index in [1.807, 2.05) is 0 Å². The minimum absolute atomic E-state index is 0.0414. The number of benzene rings is 2. The maximum Gasteiger partial charge on any atom is 0.242 e. The number of hydrogen-bond donors (Lipinski definition) is 3. The van der Waals surface area contributed by atoms with Gasteiger partial charge in [-0.25, -0.2) is 13.2 Å². The third kappa shape index (κ3) is 4.35. The maximum absolute atomic E-state index is 14.4. The summed E-state index contributed by atoms with van der Waals surface area (Å²) in [5, 5.41) is 5.86. The van der Waals surface area contributed by atoms with Crippen molar-refractivity contribution < 1.29 is 22.8 Å².